The van der Waals surface area contributed by atoms with Crippen LogP contribution in [0, 0.1) is 5.82 Å². The lowest BCUT2D eigenvalue weighted by Crippen LogP contribution is -1.84. The minimum absolute atomic E-state index is 0.278. The fourth-order valence-corrected chi connectivity index (χ4v) is 1.46. The van der Waals surface area contributed by atoms with Crippen LogP contribution in [0.2, 0.25) is 0 Å². The molecule has 0 unspecified atom stereocenters. The largest absolute Gasteiger partial charge is 0.505 e. The first kappa shape index (κ1) is 9.00. The summed E-state index contributed by atoms with van der Waals surface area (Å²) in [5.41, 5.74) is 0.547. The average Bonchev–Trinajstić information content (AvgIpc) is 2.01. The van der Waals surface area contributed by atoms with E-state index in [9.17, 15) is 4.39 Å². The summed E-state index contributed by atoms with van der Waals surface area (Å²) in [4.78, 5) is 0. The van der Waals surface area contributed by atoms with Crippen LogP contribution >= 0.6 is 31.9 Å². The summed E-state index contributed by atoms with van der Waals surface area (Å²) in [7, 11) is 0. The second-order valence-electron chi connectivity index (χ2n) is 2.00. The standard InChI is InChI=1S/C7H5Br2FO/c8-3-4-1-2-5(9)6(10)7(4)11/h1-2,11H,3H2. The number of rotatable bonds is 1. The van der Waals surface area contributed by atoms with Crippen LogP contribution in [0.25, 0.3) is 0 Å². The molecule has 1 aromatic carbocycles. The van der Waals surface area contributed by atoms with Crippen molar-refractivity contribution < 1.29 is 9.50 Å². The highest BCUT2D eigenvalue weighted by Gasteiger charge is 2.08. The van der Waals surface area contributed by atoms with E-state index in [1.165, 1.54) is 0 Å². The van der Waals surface area contributed by atoms with Gasteiger partial charge in [-0.15, -0.1) is 0 Å². The van der Waals surface area contributed by atoms with Crippen molar-refractivity contribution in [1.82, 2.24) is 0 Å². The molecule has 1 aromatic rings. The number of phenols is 1. The molecule has 0 radical (unpaired) electrons. The number of hydrogen-bond donors (Lipinski definition) is 1. The van der Waals surface area contributed by atoms with E-state index in [4.69, 9.17) is 5.11 Å². The van der Waals surface area contributed by atoms with E-state index in [2.05, 4.69) is 31.9 Å². The van der Waals surface area contributed by atoms with Crippen LogP contribution in [0.3, 0.4) is 0 Å². The molecule has 0 saturated heterocycles. The third-order valence-electron chi connectivity index (χ3n) is 1.30. The van der Waals surface area contributed by atoms with Gasteiger partial charge in [0.2, 0.25) is 0 Å². The average molecular weight is 284 g/mol. The van der Waals surface area contributed by atoms with Crippen LogP contribution in [-0.2, 0) is 5.33 Å². The van der Waals surface area contributed by atoms with Crippen molar-refractivity contribution in [1.29, 1.82) is 0 Å². The van der Waals surface area contributed by atoms with E-state index in [-0.39, 0.29) is 10.2 Å². The zero-order chi connectivity index (χ0) is 8.43. The molecule has 0 fully saturated rings. The van der Waals surface area contributed by atoms with Gasteiger partial charge < -0.3 is 5.11 Å². The molecule has 0 aliphatic rings. The smallest absolute Gasteiger partial charge is 0.179 e. The van der Waals surface area contributed by atoms with Gasteiger partial charge in [-0.3, -0.25) is 0 Å². The molecule has 0 saturated carbocycles. The summed E-state index contributed by atoms with van der Waals surface area (Å²) in [6, 6.07) is 3.21. The molecule has 1 nitrogen and oxygen atoms in total. The van der Waals surface area contributed by atoms with Gasteiger partial charge in [0.15, 0.2) is 11.6 Å². The summed E-state index contributed by atoms with van der Waals surface area (Å²) in [5.74, 6) is -0.904. The van der Waals surface area contributed by atoms with Gasteiger partial charge in [0.05, 0.1) is 4.47 Å². The predicted molar refractivity (Wildman–Crippen MR) is 48.4 cm³/mol. The third kappa shape index (κ3) is 1.73. The molecule has 4 heteroatoms. The van der Waals surface area contributed by atoms with Crippen molar-refractivity contribution in [2.45, 2.75) is 5.33 Å². The molecular formula is C7H5Br2FO. The molecule has 11 heavy (non-hydrogen) atoms. The molecule has 0 aromatic heterocycles. The lowest BCUT2D eigenvalue weighted by molar-refractivity contribution is 0.426. The van der Waals surface area contributed by atoms with Crippen LogP contribution in [0.1, 0.15) is 5.56 Å². The Hall–Kier alpha value is -0.0900. The Morgan fingerprint density at radius 1 is 1.45 bits per heavy atom. The van der Waals surface area contributed by atoms with Crippen molar-refractivity contribution in [3.8, 4) is 5.75 Å². The molecule has 1 rings (SSSR count). The van der Waals surface area contributed by atoms with Gasteiger partial charge in [-0.25, -0.2) is 4.39 Å². The van der Waals surface area contributed by atoms with Gasteiger partial charge in [-0.2, -0.15) is 0 Å². The number of alkyl halides is 1. The highest BCUT2D eigenvalue weighted by atomic mass is 79.9. The molecule has 0 amide bonds. The molecular weight excluding hydrogens is 279 g/mol. The normalized spacial score (nSPS) is 10.1. The van der Waals surface area contributed by atoms with Crippen LogP contribution < -0.4 is 0 Å². The first-order chi connectivity index (χ1) is 5.16. The lowest BCUT2D eigenvalue weighted by atomic mass is 10.2. The molecule has 0 aliphatic carbocycles. The van der Waals surface area contributed by atoms with Crippen molar-refractivity contribution >= 4 is 31.9 Å². The van der Waals surface area contributed by atoms with Crippen molar-refractivity contribution in [3.63, 3.8) is 0 Å². The molecule has 0 aliphatic heterocycles. The maximum atomic E-state index is 12.9. The molecule has 0 atom stereocenters. The Balaban J connectivity index is 3.25. The van der Waals surface area contributed by atoms with Crippen molar-refractivity contribution in [2.24, 2.45) is 0 Å². The summed E-state index contributed by atoms with van der Waals surface area (Å²) >= 11 is 6.08. The summed E-state index contributed by atoms with van der Waals surface area (Å²) < 4.78 is 13.1. The first-order valence-electron chi connectivity index (χ1n) is 2.88. The molecule has 0 bridgehead atoms. The molecule has 0 spiro atoms. The van der Waals surface area contributed by atoms with Gasteiger partial charge in [-0.05, 0) is 22.0 Å². The van der Waals surface area contributed by atoms with Gasteiger partial charge >= 0.3 is 0 Å². The minimum atomic E-state index is -0.609. The van der Waals surface area contributed by atoms with E-state index < -0.39 is 5.82 Å². The maximum Gasteiger partial charge on any atom is 0.179 e. The number of phenolic OH excluding ortho intramolecular Hbond substituents is 1. The topological polar surface area (TPSA) is 20.2 Å². The number of aromatic hydroxyl groups is 1. The highest BCUT2D eigenvalue weighted by molar-refractivity contribution is 9.10. The van der Waals surface area contributed by atoms with Crippen LogP contribution in [-0.4, -0.2) is 5.11 Å². The van der Waals surface area contributed by atoms with Gasteiger partial charge in [0.25, 0.3) is 0 Å². The minimum Gasteiger partial charge on any atom is -0.505 e. The van der Waals surface area contributed by atoms with Crippen molar-refractivity contribution in [3.05, 3.63) is 28.0 Å². The second kappa shape index (κ2) is 3.54. The lowest BCUT2D eigenvalue weighted by Gasteiger charge is -2.02. The molecule has 1 N–H and O–H groups in total. The Bertz CT molecular complexity index is 275. The molecule has 60 valence electrons. The zero-order valence-electron chi connectivity index (χ0n) is 5.44. The summed E-state index contributed by atoms with van der Waals surface area (Å²) in [6.45, 7) is 0. The van der Waals surface area contributed by atoms with E-state index in [1.807, 2.05) is 0 Å². The predicted octanol–water partition coefficient (Wildman–Crippen LogP) is 3.19. The third-order valence-corrected chi connectivity index (χ3v) is 2.51. The van der Waals surface area contributed by atoms with Crippen LogP contribution in [0.15, 0.2) is 16.6 Å². The second-order valence-corrected chi connectivity index (χ2v) is 3.42. The quantitative estimate of drug-likeness (QED) is 0.785. The van der Waals surface area contributed by atoms with E-state index in [1.54, 1.807) is 12.1 Å². The summed E-state index contributed by atoms with van der Waals surface area (Å²) in [6.07, 6.45) is 0. The first-order valence-corrected chi connectivity index (χ1v) is 4.80. The van der Waals surface area contributed by atoms with E-state index >= 15 is 0 Å². The maximum absolute atomic E-state index is 12.9. The summed E-state index contributed by atoms with van der Waals surface area (Å²) in [5, 5.41) is 9.59. The fraction of sp³-hybridized carbons (Fsp3) is 0.143. The fourth-order valence-electron chi connectivity index (χ4n) is 0.688. The Labute approximate surface area is 80.5 Å². The Morgan fingerprint density at radius 2 is 2.09 bits per heavy atom. The van der Waals surface area contributed by atoms with E-state index in [0.29, 0.717) is 10.9 Å². The van der Waals surface area contributed by atoms with Crippen molar-refractivity contribution in [2.75, 3.05) is 0 Å². The zero-order valence-corrected chi connectivity index (χ0v) is 8.61. The van der Waals surface area contributed by atoms with Crippen LogP contribution in [0.5, 0.6) is 5.75 Å². The van der Waals surface area contributed by atoms with Gasteiger partial charge in [-0.1, -0.05) is 22.0 Å². The van der Waals surface area contributed by atoms with Crippen LogP contribution in [0.4, 0.5) is 4.39 Å². The van der Waals surface area contributed by atoms with Gasteiger partial charge in [0.1, 0.15) is 0 Å². The van der Waals surface area contributed by atoms with E-state index in [0.717, 1.165) is 0 Å². The van der Waals surface area contributed by atoms with Gasteiger partial charge in [0, 0.05) is 10.9 Å². The number of halogens is 3. The monoisotopic (exact) mass is 282 g/mol. The number of benzene rings is 1. The molecule has 0 heterocycles. The Kier molecular flexibility index (Phi) is 2.90. The SMILES string of the molecule is Oc1c(CBr)ccc(Br)c1F. The highest BCUT2D eigenvalue weighted by Crippen LogP contribution is 2.28. The Morgan fingerprint density at radius 3 is 2.64 bits per heavy atom. The number of hydrogen-bond acceptors (Lipinski definition) is 1.